The van der Waals surface area contributed by atoms with E-state index >= 15 is 0 Å². The van der Waals surface area contributed by atoms with E-state index < -0.39 is 10.1 Å². The molecule has 1 aromatic heterocycles. The van der Waals surface area contributed by atoms with E-state index in [9.17, 15) is 13.2 Å². The zero-order valence-corrected chi connectivity index (χ0v) is 19.0. The first-order valence-corrected chi connectivity index (χ1v) is 12.2. The Labute approximate surface area is 188 Å². The van der Waals surface area contributed by atoms with Crippen molar-refractivity contribution < 1.29 is 17.4 Å². The Hall–Kier alpha value is -2.20. The highest BCUT2D eigenvalue weighted by molar-refractivity contribution is 7.86. The largest absolute Gasteiger partial charge is 0.349 e. The molecule has 1 amide bonds. The van der Waals surface area contributed by atoms with Crippen molar-refractivity contribution in [1.82, 2.24) is 14.8 Å². The molecule has 162 valence electrons. The average molecular weight is 460 g/mol. The third kappa shape index (κ3) is 4.85. The van der Waals surface area contributed by atoms with Crippen LogP contribution in [0.2, 0.25) is 5.02 Å². The van der Waals surface area contributed by atoms with Crippen molar-refractivity contribution in [2.45, 2.75) is 6.04 Å². The number of carbonyl (C=O) groups excluding carboxylic acids is 1. The van der Waals surface area contributed by atoms with Gasteiger partial charge in [-0.25, -0.2) is 0 Å². The van der Waals surface area contributed by atoms with Gasteiger partial charge in [-0.15, -0.1) is 0 Å². The van der Waals surface area contributed by atoms with Gasteiger partial charge in [-0.1, -0.05) is 23.7 Å². The summed E-state index contributed by atoms with van der Waals surface area (Å²) in [6.45, 7) is 2.61. The van der Waals surface area contributed by atoms with Crippen molar-refractivity contribution >= 4 is 47.0 Å². The van der Waals surface area contributed by atoms with E-state index in [0.717, 1.165) is 34.2 Å². The van der Waals surface area contributed by atoms with Crippen molar-refractivity contribution in [3.05, 3.63) is 63.9 Å². The highest BCUT2D eigenvalue weighted by Crippen LogP contribution is 2.40. The second-order valence-electron chi connectivity index (χ2n) is 7.79. The van der Waals surface area contributed by atoms with Gasteiger partial charge < -0.3 is 4.90 Å². The fourth-order valence-electron chi connectivity index (χ4n) is 4.19. The van der Waals surface area contributed by atoms with Crippen LogP contribution in [0.3, 0.4) is 0 Å². The predicted molar refractivity (Wildman–Crippen MR) is 123 cm³/mol. The quantitative estimate of drug-likeness (QED) is 0.514. The normalized spacial score (nSPS) is 19.2. The van der Waals surface area contributed by atoms with Crippen molar-refractivity contribution in [3.8, 4) is 0 Å². The van der Waals surface area contributed by atoms with Gasteiger partial charge in [-0.05, 0) is 46.5 Å². The zero-order valence-electron chi connectivity index (χ0n) is 17.4. The van der Waals surface area contributed by atoms with Crippen molar-refractivity contribution in [2.75, 3.05) is 39.0 Å². The molecule has 1 aliphatic carbocycles. The van der Waals surface area contributed by atoms with E-state index in [4.69, 9.17) is 20.8 Å². The van der Waals surface area contributed by atoms with Gasteiger partial charge in [-0.3, -0.25) is 18.9 Å². The highest BCUT2D eigenvalue weighted by Gasteiger charge is 2.33. The van der Waals surface area contributed by atoms with Gasteiger partial charge in [0.2, 0.25) is 7.85 Å². The van der Waals surface area contributed by atoms with Crippen LogP contribution in [-0.2, 0) is 14.3 Å². The first kappa shape index (κ1) is 22.0. The minimum absolute atomic E-state index is 0.0769. The molecule has 10 heteroatoms. The minimum Gasteiger partial charge on any atom is -0.349 e. The lowest BCUT2D eigenvalue weighted by Gasteiger charge is -2.39. The van der Waals surface area contributed by atoms with Crippen LogP contribution in [0.4, 0.5) is 4.79 Å². The van der Waals surface area contributed by atoms with Gasteiger partial charge in [0.15, 0.2) is 5.81 Å². The Morgan fingerprint density at radius 3 is 2.68 bits per heavy atom. The predicted octanol–water partition coefficient (Wildman–Crippen LogP) is 2.03. The zero-order chi connectivity index (χ0) is 22.2. The third-order valence-corrected chi connectivity index (χ3v) is 6.45. The molecular weight excluding hydrogens is 437 g/mol. The van der Waals surface area contributed by atoms with Crippen LogP contribution in [0.25, 0.3) is 11.6 Å². The molecule has 7 nitrogen and oxygen atoms in total. The van der Waals surface area contributed by atoms with E-state index in [-0.39, 0.29) is 18.5 Å². The molecular formula is C21H23BClN3O4S. The fraction of sp³-hybridized carbons (Fsp3) is 0.333. The average Bonchev–Trinajstić information content (AvgIpc) is 2.86. The SMILES string of the molecule is BC(=O)N1CCN(C2c3ccc(Cl)cc3C(COS(C)(=O)=O)=Cc3cccnc32)CC1. The summed E-state index contributed by atoms with van der Waals surface area (Å²) in [5.74, 6) is 0.0769. The number of carbonyl (C=O) groups is 1. The standard InChI is InChI=1S/C21H23BClN3O4S/c1-31(28,29)30-13-15-11-14-3-2-6-24-19(14)20(17-5-4-16(23)12-18(15)17)25-7-9-26(10-8-25)21(22)27/h2-6,11-12,20H,7-10,13,22H2,1H3. The molecule has 0 bridgehead atoms. The van der Waals surface area contributed by atoms with Gasteiger partial charge in [0.05, 0.1) is 24.6 Å². The lowest BCUT2D eigenvalue weighted by atomic mass is 9.93. The molecule has 31 heavy (non-hydrogen) atoms. The smallest absolute Gasteiger partial charge is 0.264 e. The second-order valence-corrected chi connectivity index (χ2v) is 9.87. The Morgan fingerprint density at radius 1 is 1.26 bits per heavy atom. The molecule has 1 unspecified atom stereocenters. The van der Waals surface area contributed by atoms with Gasteiger partial charge in [0.1, 0.15) is 0 Å². The summed E-state index contributed by atoms with van der Waals surface area (Å²) < 4.78 is 28.4. The van der Waals surface area contributed by atoms with Gasteiger partial charge in [-0.2, -0.15) is 8.42 Å². The maximum Gasteiger partial charge on any atom is 0.264 e. The Balaban J connectivity index is 1.80. The molecule has 0 radical (unpaired) electrons. The number of piperazine rings is 1. The van der Waals surface area contributed by atoms with Crippen LogP contribution in [-0.4, -0.2) is 75.9 Å². The summed E-state index contributed by atoms with van der Waals surface area (Å²) >= 11 is 6.32. The number of amides is 1. The van der Waals surface area contributed by atoms with E-state index in [1.807, 2.05) is 41.3 Å². The van der Waals surface area contributed by atoms with E-state index in [1.54, 1.807) is 14.0 Å². The number of benzene rings is 1. The number of rotatable bonds is 4. The van der Waals surface area contributed by atoms with Gasteiger partial charge >= 0.3 is 0 Å². The summed E-state index contributed by atoms with van der Waals surface area (Å²) in [4.78, 5) is 20.6. The van der Waals surface area contributed by atoms with Crippen LogP contribution in [0.5, 0.6) is 0 Å². The number of fused-ring (bicyclic) bond motifs is 2. The molecule has 1 saturated heterocycles. The highest BCUT2D eigenvalue weighted by atomic mass is 35.5. The summed E-state index contributed by atoms with van der Waals surface area (Å²) in [6.07, 6.45) is 4.73. The Kier molecular flexibility index (Phi) is 6.21. The summed E-state index contributed by atoms with van der Waals surface area (Å²) in [5.41, 5.74) is 4.34. The van der Waals surface area contributed by atoms with Crippen LogP contribution >= 0.6 is 11.6 Å². The maximum atomic E-state index is 11.8. The van der Waals surface area contributed by atoms with Crippen molar-refractivity contribution in [2.24, 2.45) is 0 Å². The first-order chi connectivity index (χ1) is 14.7. The van der Waals surface area contributed by atoms with Crippen LogP contribution in [0.15, 0.2) is 36.5 Å². The molecule has 1 fully saturated rings. The van der Waals surface area contributed by atoms with Gasteiger partial charge in [0, 0.05) is 37.4 Å². The first-order valence-electron chi connectivity index (χ1n) is 10.0. The minimum atomic E-state index is -3.61. The van der Waals surface area contributed by atoms with Gasteiger partial charge in [0.25, 0.3) is 10.1 Å². The number of hydrogen-bond acceptors (Lipinski definition) is 6. The number of halogens is 1. The van der Waals surface area contributed by atoms with E-state index in [1.165, 1.54) is 0 Å². The lowest BCUT2D eigenvalue weighted by Crippen LogP contribution is -2.49. The lowest BCUT2D eigenvalue weighted by molar-refractivity contribution is 0.129. The molecule has 4 rings (SSSR count). The molecule has 0 spiro atoms. The Bertz CT molecular complexity index is 1150. The summed E-state index contributed by atoms with van der Waals surface area (Å²) in [5, 5.41) is 0.558. The van der Waals surface area contributed by atoms with E-state index in [0.29, 0.717) is 31.2 Å². The molecule has 2 aromatic rings. The molecule has 2 aliphatic rings. The molecule has 1 atom stereocenters. The second kappa shape index (κ2) is 8.74. The summed E-state index contributed by atoms with van der Waals surface area (Å²) in [6, 6.07) is 9.33. The molecule has 0 saturated carbocycles. The van der Waals surface area contributed by atoms with Crippen LogP contribution < -0.4 is 0 Å². The number of nitrogens with zero attached hydrogens (tertiary/aromatic N) is 3. The fourth-order valence-corrected chi connectivity index (χ4v) is 4.71. The van der Waals surface area contributed by atoms with Crippen molar-refractivity contribution in [1.29, 1.82) is 0 Å². The molecule has 1 aliphatic heterocycles. The molecule has 0 N–H and O–H groups in total. The van der Waals surface area contributed by atoms with Crippen molar-refractivity contribution in [3.63, 3.8) is 0 Å². The summed E-state index contributed by atoms with van der Waals surface area (Å²) in [7, 11) is -2.02. The maximum absolute atomic E-state index is 11.8. The number of pyridine rings is 1. The topological polar surface area (TPSA) is 79.8 Å². The third-order valence-electron chi connectivity index (χ3n) is 5.67. The number of aromatic nitrogens is 1. The molecule has 2 heterocycles. The molecule has 1 aromatic carbocycles. The Morgan fingerprint density at radius 2 is 2.00 bits per heavy atom. The monoisotopic (exact) mass is 459 g/mol. The van der Waals surface area contributed by atoms with Crippen LogP contribution in [0.1, 0.15) is 28.4 Å². The number of hydrogen-bond donors (Lipinski definition) is 0. The van der Waals surface area contributed by atoms with E-state index in [2.05, 4.69) is 4.90 Å². The van der Waals surface area contributed by atoms with Crippen LogP contribution in [0, 0.1) is 0 Å².